The van der Waals surface area contributed by atoms with E-state index in [4.69, 9.17) is 4.74 Å². The van der Waals surface area contributed by atoms with Gasteiger partial charge in [-0.1, -0.05) is 13.0 Å². The normalized spacial score (nSPS) is 16.9. The van der Waals surface area contributed by atoms with Crippen LogP contribution in [0.1, 0.15) is 47.0 Å². The van der Waals surface area contributed by atoms with Crippen LogP contribution in [0.15, 0.2) is 12.3 Å². The number of nitrogens with one attached hydrogen (secondary N) is 2. The van der Waals surface area contributed by atoms with Gasteiger partial charge in [-0.3, -0.25) is 0 Å². The van der Waals surface area contributed by atoms with Crippen LogP contribution in [0, 0.1) is 0 Å². The van der Waals surface area contributed by atoms with Crippen LogP contribution in [0.2, 0.25) is 0 Å². The van der Waals surface area contributed by atoms with Crippen molar-refractivity contribution in [3.63, 3.8) is 0 Å². The smallest absolute Gasteiger partial charge is 0.410 e. The summed E-state index contributed by atoms with van der Waals surface area (Å²) >= 11 is 0. The van der Waals surface area contributed by atoms with Gasteiger partial charge >= 0.3 is 12.1 Å². The van der Waals surface area contributed by atoms with E-state index >= 15 is 0 Å². The zero-order valence-corrected chi connectivity index (χ0v) is 13.4. The third kappa shape index (κ3) is 7.02. The van der Waals surface area contributed by atoms with Crippen LogP contribution in [0.5, 0.6) is 0 Å². The van der Waals surface area contributed by atoms with Crippen molar-refractivity contribution in [2.24, 2.45) is 0 Å². The van der Waals surface area contributed by atoms with E-state index in [9.17, 15) is 9.59 Å². The van der Waals surface area contributed by atoms with E-state index in [1.54, 1.807) is 11.1 Å². The minimum atomic E-state index is -0.475. The van der Waals surface area contributed by atoms with E-state index in [1.807, 2.05) is 33.8 Å². The van der Waals surface area contributed by atoms with Crippen molar-refractivity contribution in [1.82, 2.24) is 15.5 Å². The number of ether oxygens (including phenoxy) is 1. The molecule has 2 N–H and O–H groups in total. The third-order valence-corrected chi connectivity index (χ3v) is 3.05. The lowest BCUT2D eigenvalue weighted by molar-refractivity contribution is 0.0201. The number of carbonyl (C=O) groups excluding carboxylic acids is 2. The molecule has 1 aliphatic rings. The predicted molar refractivity (Wildman–Crippen MR) is 81.9 cm³/mol. The Morgan fingerprint density at radius 2 is 1.90 bits per heavy atom. The maximum atomic E-state index is 11.9. The standard InChI is InChI=1S/C15H27N3O3/c1-5-6-9-16-13(19)17-12-7-10-18(11-8-12)14(20)21-15(2,3)4/h6,9,12H,5,7-8,10-11H2,1-4H3,(H2,16,17,19)/b9-6+. The monoisotopic (exact) mass is 297 g/mol. The summed E-state index contributed by atoms with van der Waals surface area (Å²) < 4.78 is 5.34. The Bertz CT molecular complexity index is 380. The molecule has 1 rings (SSSR count). The van der Waals surface area contributed by atoms with Gasteiger partial charge in [0.05, 0.1) is 0 Å². The van der Waals surface area contributed by atoms with Gasteiger partial charge in [0.1, 0.15) is 5.60 Å². The first kappa shape index (κ1) is 17.3. The summed E-state index contributed by atoms with van der Waals surface area (Å²) in [6.07, 6.45) is 5.61. The molecule has 1 fully saturated rings. The Morgan fingerprint density at radius 3 is 2.43 bits per heavy atom. The molecule has 3 amide bonds. The van der Waals surface area contributed by atoms with E-state index in [1.165, 1.54) is 0 Å². The number of nitrogens with zero attached hydrogens (tertiary/aromatic N) is 1. The lowest BCUT2D eigenvalue weighted by Gasteiger charge is -2.33. The summed E-state index contributed by atoms with van der Waals surface area (Å²) in [5.41, 5.74) is -0.475. The Labute approximate surface area is 126 Å². The van der Waals surface area contributed by atoms with Crippen molar-refractivity contribution in [1.29, 1.82) is 0 Å². The number of amides is 3. The molecular formula is C15H27N3O3. The second kappa shape index (κ2) is 7.90. The number of hydrogen-bond donors (Lipinski definition) is 2. The molecule has 0 atom stereocenters. The first-order chi connectivity index (χ1) is 9.81. The molecule has 1 heterocycles. The Morgan fingerprint density at radius 1 is 1.29 bits per heavy atom. The number of rotatable bonds is 3. The van der Waals surface area contributed by atoms with Crippen molar-refractivity contribution >= 4 is 12.1 Å². The fourth-order valence-electron chi connectivity index (χ4n) is 2.01. The van der Waals surface area contributed by atoms with E-state index in [-0.39, 0.29) is 18.2 Å². The highest BCUT2D eigenvalue weighted by atomic mass is 16.6. The molecule has 0 unspecified atom stereocenters. The molecule has 0 aromatic carbocycles. The fourth-order valence-corrected chi connectivity index (χ4v) is 2.01. The van der Waals surface area contributed by atoms with Gasteiger partial charge in [0.2, 0.25) is 0 Å². The maximum absolute atomic E-state index is 11.9. The Hall–Kier alpha value is -1.72. The fraction of sp³-hybridized carbons (Fsp3) is 0.733. The van der Waals surface area contributed by atoms with Crippen LogP contribution in [-0.4, -0.2) is 41.8 Å². The zero-order valence-electron chi connectivity index (χ0n) is 13.4. The zero-order chi connectivity index (χ0) is 15.9. The molecule has 0 aromatic heterocycles. The molecule has 1 saturated heterocycles. The summed E-state index contributed by atoms with van der Waals surface area (Å²) in [4.78, 5) is 25.2. The number of carbonyl (C=O) groups is 2. The molecule has 0 saturated carbocycles. The quantitative estimate of drug-likeness (QED) is 0.841. The molecule has 120 valence electrons. The second-order valence-corrected chi connectivity index (χ2v) is 6.17. The van der Waals surface area contributed by atoms with Crippen molar-refractivity contribution < 1.29 is 14.3 Å². The topological polar surface area (TPSA) is 70.7 Å². The molecule has 0 radical (unpaired) electrons. The van der Waals surface area contributed by atoms with Crippen LogP contribution < -0.4 is 10.6 Å². The SMILES string of the molecule is CC/C=C/NC(=O)NC1CCN(C(=O)OC(C)(C)C)CC1. The van der Waals surface area contributed by atoms with Crippen LogP contribution in [0.4, 0.5) is 9.59 Å². The molecule has 0 aromatic rings. The molecular weight excluding hydrogens is 270 g/mol. The summed E-state index contributed by atoms with van der Waals surface area (Å²) in [6, 6.07) is -0.103. The largest absolute Gasteiger partial charge is 0.444 e. The minimum absolute atomic E-state index is 0.0960. The third-order valence-electron chi connectivity index (χ3n) is 3.05. The van der Waals surface area contributed by atoms with Crippen LogP contribution in [0.25, 0.3) is 0 Å². The lowest BCUT2D eigenvalue weighted by Crippen LogP contribution is -2.49. The number of urea groups is 1. The summed E-state index contributed by atoms with van der Waals surface area (Å²) in [6.45, 7) is 8.77. The van der Waals surface area contributed by atoms with Crippen LogP contribution >= 0.6 is 0 Å². The predicted octanol–water partition coefficient (Wildman–Crippen LogP) is 2.61. The van der Waals surface area contributed by atoms with E-state index in [0.29, 0.717) is 13.1 Å². The van der Waals surface area contributed by atoms with E-state index < -0.39 is 5.60 Å². The lowest BCUT2D eigenvalue weighted by atomic mass is 10.1. The number of hydrogen-bond acceptors (Lipinski definition) is 3. The van der Waals surface area contributed by atoms with Gasteiger partial charge in [0.15, 0.2) is 0 Å². The van der Waals surface area contributed by atoms with Gasteiger partial charge in [0.25, 0.3) is 0 Å². The van der Waals surface area contributed by atoms with Gasteiger partial charge < -0.3 is 20.3 Å². The summed E-state index contributed by atoms with van der Waals surface area (Å²) in [7, 11) is 0. The van der Waals surface area contributed by atoms with Crippen molar-refractivity contribution in [3.8, 4) is 0 Å². The number of likely N-dealkylation sites (tertiary alicyclic amines) is 1. The van der Waals surface area contributed by atoms with Gasteiger partial charge in [-0.25, -0.2) is 9.59 Å². The average Bonchev–Trinajstić information content (AvgIpc) is 2.38. The highest BCUT2D eigenvalue weighted by Gasteiger charge is 2.27. The second-order valence-electron chi connectivity index (χ2n) is 6.17. The number of piperidine rings is 1. The van der Waals surface area contributed by atoms with Crippen molar-refractivity contribution in [3.05, 3.63) is 12.3 Å². The summed E-state index contributed by atoms with van der Waals surface area (Å²) in [5.74, 6) is 0. The first-order valence-electron chi connectivity index (χ1n) is 7.52. The molecule has 21 heavy (non-hydrogen) atoms. The highest BCUT2D eigenvalue weighted by molar-refractivity contribution is 5.75. The van der Waals surface area contributed by atoms with Crippen LogP contribution in [0.3, 0.4) is 0 Å². The molecule has 6 nitrogen and oxygen atoms in total. The maximum Gasteiger partial charge on any atom is 0.410 e. The molecule has 0 spiro atoms. The molecule has 0 aliphatic carbocycles. The highest BCUT2D eigenvalue weighted by Crippen LogP contribution is 2.15. The molecule has 6 heteroatoms. The summed E-state index contributed by atoms with van der Waals surface area (Å²) in [5, 5.41) is 5.57. The van der Waals surface area contributed by atoms with Gasteiger partial charge in [-0.15, -0.1) is 0 Å². The Kier molecular flexibility index (Phi) is 6.52. The van der Waals surface area contributed by atoms with E-state index in [2.05, 4.69) is 10.6 Å². The molecule has 1 aliphatic heterocycles. The average molecular weight is 297 g/mol. The van der Waals surface area contributed by atoms with E-state index in [0.717, 1.165) is 19.3 Å². The minimum Gasteiger partial charge on any atom is -0.444 e. The van der Waals surface area contributed by atoms with Crippen molar-refractivity contribution in [2.75, 3.05) is 13.1 Å². The first-order valence-corrected chi connectivity index (χ1v) is 7.52. The molecule has 0 bridgehead atoms. The van der Waals surface area contributed by atoms with Crippen LogP contribution in [-0.2, 0) is 4.74 Å². The van der Waals surface area contributed by atoms with Gasteiger partial charge in [-0.2, -0.15) is 0 Å². The number of allylic oxidation sites excluding steroid dienone is 1. The van der Waals surface area contributed by atoms with Gasteiger partial charge in [-0.05, 0) is 40.0 Å². The van der Waals surface area contributed by atoms with Gasteiger partial charge in [0, 0.05) is 25.3 Å². The Balaban J connectivity index is 2.30. The van der Waals surface area contributed by atoms with Crippen molar-refractivity contribution in [2.45, 2.75) is 58.6 Å².